The fraction of sp³-hybridized carbons (Fsp3) is 0.300. The smallest absolute Gasteiger partial charge is 0.267 e. The van der Waals surface area contributed by atoms with Gasteiger partial charge in [0, 0.05) is 19.3 Å². The van der Waals surface area contributed by atoms with Gasteiger partial charge in [-0.1, -0.05) is 25.5 Å². The molecule has 7 nitrogen and oxygen atoms in total. The number of amides is 1. The first-order valence-electron chi connectivity index (χ1n) is 8.98. The van der Waals surface area contributed by atoms with Crippen molar-refractivity contribution in [2.24, 2.45) is 0 Å². The fourth-order valence-corrected chi connectivity index (χ4v) is 3.05. The van der Waals surface area contributed by atoms with E-state index in [1.807, 2.05) is 19.9 Å². The fourth-order valence-electron chi connectivity index (χ4n) is 3.05. The number of fused-ring (bicyclic) bond motifs is 2. The molecule has 3 heterocycles. The summed E-state index contributed by atoms with van der Waals surface area (Å²) in [6.45, 7) is 8.45. The van der Waals surface area contributed by atoms with Crippen LogP contribution >= 0.6 is 0 Å². The number of pyridine rings is 2. The number of nitrogens with zero attached hydrogens (tertiary/aromatic N) is 3. The second kappa shape index (κ2) is 7.57. The van der Waals surface area contributed by atoms with Gasteiger partial charge in [0.25, 0.3) is 11.5 Å². The van der Waals surface area contributed by atoms with Crippen LogP contribution in [0.3, 0.4) is 0 Å². The lowest BCUT2D eigenvalue weighted by Gasteiger charge is -2.14. The third kappa shape index (κ3) is 3.28. The number of carbonyl (C=O) groups excluding carboxylic acids is 1. The summed E-state index contributed by atoms with van der Waals surface area (Å²) in [4.78, 5) is 30.2. The monoisotopic (exact) mass is 365 g/mol. The molecule has 27 heavy (non-hydrogen) atoms. The summed E-state index contributed by atoms with van der Waals surface area (Å²) < 4.78 is 3.02. The molecular weight excluding hydrogens is 342 g/mol. The van der Waals surface area contributed by atoms with E-state index in [-0.39, 0.29) is 29.1 Å². The molecule has 0 bridgehead atoms. The molecule has 0 aliphatic heterocycles. The zero-order valence-electron chi connectivity index (χ0n) is 15.6. The number of rotatable bonds is 6. The largest absolute Gasteiger partial charge is 0.352 e. The molecule has 0 aliphatic carbocycles. The zero-order valence-corrected chi connectivity index (χ0v) is 15.6. The molecule has 3 rings (SSSR count). The SMILES string of the molecule is C=CCn1c(=N)c(C(=O)NCCCC)cc2c(=O)n3cccc(C)c3nc21. The van der Waals surface area contributed by atoms with E-state index in [0.717, 1.165) is 18.4 Å². The molecule has 0 aromatic carbocycles. The molecule has 0 atom stereocenters. The van der Waals surface area contributed by atoms with Gasteiger partial charge in [0.05, 0.1) is 10.9 Å². The minimum Gasteiger partial charge on any atom is -0.352 e. The Balaban J connectivity index is 2.33. The quantitative estimate of drug-likeness (QED) is 0.398. The molecule has 3 aromatic heterocycles. The summed E-state index contributed by atoms with van der Waals surface area (Å²) in [6.07, 6.45) is 5.09. The molecule has 1 amide bonds. The Bertz CT molecular complexity index is 1160. The lowest BCUT2D eigenvalue weighted by molar-refractivity contribution is 0.0951. The number of aryl methyl sites for hydroxylation is 1. The number of nitrogens with one attached hydrogen (secondary N) is 2. The van der Waals surface area contributed by atoms with Gasteiger partial charge < -0.3 is 9.88 Å². The summed E-state index contributed by atoms with van der Waals surface area (Å²) in [5, 5.41) is 11.6. The van der Waals surface area contributed by atoms with Crippen LogP contribution in [0.2, 0.25) is 0 Å². The van der Waals surface area contributed by atoms with Crippen molar-refractivity contribution in [1.82, 2.24) is 19.3 Å². The third-order valence-electron chi connectivity index (χ3n) is 4.51. The van der Waals surface area contributed by atoms with E-state index >= 15 is 0 Å². The molecule has 7 heteroatoms. The lowest BCUT2D eigenvalue weighted by Crippen LogP contribution is -2.35. The van der Waals surface area contributed by atoms with E-state index in [9.17, 15) is 9.59 Å². The van der Waals surface area contributed by atoms with Crippen LogP contribution in [-0.4, -0.2) is 26.4 Å². The predicted octanol–water partition coefficient (Wildman–Crippen LogP) is 2.15. The molecule has 0 saturated carbocycles. The van der Waals surface area contributed by atoms with Crippen LogP contribution in [0.15, 0.2) is 41.8 Å². The summed E-state index contributed by atoms with van der Waals surface area (Å²) in [6, 6.07) is 5.14. The van der Waals surface area contributed by atoms with Gasteiger partial charge in [-0.25, -0.2) is 4.98 Å². The maximum atomic E-state index is 13.0. The molecule has 0 aliphatic rings. The second-order valence-corrected chi connectivity index (χ2v) is 6.45. The standard InChI is InChI=1S/C20H23N5O2/c1-4-6-9-22-19(26)14-12-15-18(24(10-5-2)16(14)21)23-17-13(3)8-7-11-25(17)20(15)27/h5,7-8,11-12,21H,2,4,6,9-10H2,1,3H3,(H,22,26). The molecule has 0 radical (unpaired) electrons. The van der Waals surface area contributed by atoms with Crippen molar-refractivity contribution >= 4 is 22.6 Å². The topological polar surface area (TPSA) is 92.2 Å². The molecule has 140 valence electrons. The van der Waals surface area contributed by atoms with Gasteiger partial charge in [-0.15, -0.1) is 6.58 Å². The number of unbranched alkanes of at least 4 members (excludes halogenated alkanes) is 1. The number of aromatic nitrogens is 3. The Morgan fingerprint density at radius 2 is 2.19 bits per heavy atom. The number of hydrogen-bond acceptors (Lipinski definition) is 4. The first-order chi connectivity index (χ1) is 13.0. The second-order valence-electron chi connectivity index (χ2n) is 6.45. The molecular formula is C20H23N5O2. The zero-order chi connectivity index (χ0) is 19.6. The number of hydrogen-bond donors (Lipinski definition) is 2. The minimum absolute atomic E-state index is 0.0150. The van der Waals surface area contributed by atoms with Gasteiger partial charge >= 0.3 is 0 Å². The maximum Gasteiger partial charge on any atom is 0.267 e. The van der Waals surface area contributed by atoms with Crippen LogP contribution in [0.25, 0.3) is 16.7 Å². The van der Waals surface area contributed by atoms with Gasteiger partial charge in [-0.2, -0.15) is 0 Å². The van der Waals surface area contributed by atoms with E-state index in [4.69, 9.17) is 5.41 Å². The minimum atomic E-state index is -0.359. The highest BCUT2D eigenvalue weighted by Gasteiger charge is 2.17. The molecule has 2 N–H and O–H groups in total. The Kier molecular flexibility index (Phi) is 5.21. The van der Waals surface area contributed by atoms with Gasteiger partial charge in [-0.3, -0.25) is 19.4 Å². The average Bonchev–Trinajstić information content (AvgIpc) is 2.65. The lowest BCUT2D eigenvalue weighted by atomic mass is 10.2. The summed E-state index contributed by atoms with van der Waals surface area (Å²) in [5.41, 5.74) is 1.68. The van der Waals surface area contributed by atoms with E-state index in [1.165, 1.54) is 10.5 Å². The number of allylic oxidation sites excluding steroid dienone is 1. The van der Waals surface area contributed by atoms with Crippen molar-refractivity contribution in [3.8, 4) is 0 Å². The van der Waals surface area contributed by atoms with Crippen LogP contribution in [0, 0.1) is 12.3 Å². The van der Waals surface area contributed by atoms with Crippen LogP contribution in [0.4, 0.5) is 0 Å². The first kappa shape index (κ1) is 18.6. The Hall–Kier alpha value is -3.22. The molecule has 0 saturated heterocycles. The van der Waals surface area contributed by atoms with Crippen molar-refractivity contribution in [2.75, 3.05) is 6.54 Å². The molecule has 0 unspecified atom stereocenters. The van der Waals surface area contributed by atoms with Crippen LogP contribution in [0.5, 0.6) is 0 Å². The molecule has 3 aromatic rings. The molecule has 0 fully saturated rings. The third-order valence-corrected chi connectivity index (χ3v) is 4.51. The highest BCUT2D eigenvalue weighted by Crippen LogP contribution is 2.12. The van der Waals surface area contributed by atoms with Crippen LogP contribution in [-0.2, 0) is 6.54 Å². The summed E-state index contributed by atoms with van der Waals surface area (Å²) in [5.74, 6) is -0.359. The Labute approximate surface area is 156 Å². The van der Waals surface area contributed by atoms with Gasteiger partial charge in [0.15, 0.2) is 0 Å². The summed E-state index contributed by atoms with van der Waals surface area (Å²) in [7, 11) is 0. The van der Waals surface area contributed by atoms with E-state index in [1.54, 1.807) is 22.9 Å². The highest BCUT2D eigenvalue weighted by molar-refractivity contribution is 5.96. The van der Waals surface area contributed by atoms with Gasteiger partial charge in [0.1, 0.15) is 16.8 Å². The Morgan fingerprint density at radius 3 is 2.89 bits per heavy atom. The number of carbonyl (C=O) groups is 1. The average molecular weight is 365 g/mol. The van der Waals surface area contributed by atoms with Crippen LogP contribution < -0.4 is 16.4 Å². The Morgan fingerprint density at radius 1 is 1.41 bits per heavy atom. The van der Waals surface area contributed by atoms with Crippen molar-refractivity contribution < 1.29 is 4.79 Å². The van der Waals surface area contributed by atoms with Gasteiger partial charge in [-0.05, 0) is 31.0 Å². The van der Waals surface area contributed by atoms with E-state index < -0.39 is 0 Å². The summed E-state index contributed by atoms with van der Waals surface area (Å²) >= 11 is 0. The maximum absolute atomic E-state index is 13.0. The van der Waals surface area contributed by atoms with E-state index in [2.05, 4.69) is 16.9 Å². The van der Waals surface area contributed by atoms with Gasteiger partial charge in [0.2, 0.25) is 0 Å². The molecule has 0 spiro atoms. The van der Waals surface area contributed by atoms with Crippen molar-refractivity contribution in [1.29, 1.82) is 5.41 Å². The highest BCUT2D eigenvalue weighted by atomic mass is 16.1. The van der Waals surface area contributed by atoms with Crippen molar-refractivity contribution in [3.63, 3.8) is 0 Å². The van der Waals surface area contributed by atoms with E-state index in [0.29, 0.717) is 23.2 Å². The van der Waals surface area contributed by atoms with Crippen molar-refractivity contribution in [2.45, 2.75) is 33.2 Å². The van der Waals surface area contributed by atoms with Crippen LogP contribution in [0.1, 0.15) is 35.7 Å². The predicted molar refractivity (Wildman–Crippen MR) is 105 cm³/mol. The van der Waals surface area contributed by atoms with Crippen molar-refractivity contribution in [3.05, 3.63) is 64.0 Å². The first-order valence-corrected chi connectivity index (χ1v) is 8.98. The normalized spacial score (nSPS) is 11.0.